The van der Waals surface area contributed by atoms with Crippen LogP contribution in [0.2, 0.25) is 0 Å². The molecule has 0 aliphatic rings. The average Bonchev–Trinajstić information content (AvgIpc) is 2.44. The maximum atomic E-state index is 13.0. The number of rotatable bonds is 7. The van der Waals surface area contributed by atoms with E-state index in [2.05, 4.69) is 21.2 Å². The van der Waals surface area contributed by atoms with E-state index >= 15 is 0 Å². The van der Waals surface area contributed by atoms with Gasteiger partial charge in [-0.3, -0.25) is 4.79 Å². The van der Waals surface area contributed by atoms with E-state index in [0.717, 1.165) is 10.0 Å². The second kappa shape index (κ2) is 7.69. The maximum absolute atomic E-state index is 13.0. The van der Waals surface area contributed by atoms with Crippen molar-refractivity contribution in [2.45, 2.75) is 25.7 Å². The van der Waals surface area contributed by atoms with Crippen LogP contribution in [0.4, 0.5) is 8.78 Å². The van der Waals surface area contributed by atoms with E-state index in [1.807, 2.05) is 31.2 Å². The van der Waals surface area contributed by atoms with E-state index in [9.17, 15) is 13.6 Å². The third-order valence-electron chi connectivity index (χ3n) is 3.11. The molecule has 6 heteroatoms. The molecular weight excluding hydrogens is 330 g/mol. The molecule has 0 heterocycles. The van der Waals surface area contributed by atoms with Crippen LogP contribution in [0.5, 0.6) is 0 Å². The Morgan fingerprint density at radius 3 is 2.65 bits per heavy atom. The predicted octanol–water partition coefficient (Wildman–Crippen LogP) is 2.73. The lowest BCUT2D eigenvalue weighted by molar-refractivity contribution is -0.126. The van der Waals surface area contributed by atoms with Gasteiger partial charge in [0.15, 0.2) is 0 Å². The zero-order valence-corrected chi connectivity index (χ0v) is 12.9. The quantitative estimate of drug-likeness (QED) is 0.795. The molecule has 112 valence electrons. The third-order valence-corrected chi connectivity index (χ3v) is 3.88. The standard InChI is InChI=1S/C14H19BrF2N2O/c1-2-10(7-11-5-3-4-6-12(11)15)13(20)19-9-14(16,17)8-18/h3-6,10H,2,7-9,18H2,1H3,(H,19,20). The van der Waals surface area contributed by atoms with Gasteiger partial charge < -0.3 is 11.1 Å². The lowest BCUT2D eigenvalue weighted by Gasteiger charge is -2.19. The minimum absolute atomic E-state index is 0.331. The third kappa shape index (κ3) is 5.17. The van der Waals surface area contributed by atoms with Gasteiger partial charge in [0, 0.05) is 10.4 Å². The first kappa shape index (κ1) is 17.0. The molecule has 3 N–H and O–H groups in total. The summed E-state index contributed by atoms with van der Waals surface area (Å²) in [7, 11) is 0. The summed E-state index contributed by atoms with van der Waals surface area (Å²) in [4.78, 5) is 12.0. The smallest absolute Gasteiger partial charge is 0.277 e. The summed E-state index contributed by atoms with van der Waals surface area (Å²) in [6.45, 7) is 0.380. The molecule has 0 saturated heterocycles. The Bertz CT molecular complexity index is 455. The summed E-state index contributed by atoms with van der Waals surface area (Å²) in [5.41, 5.74) is 5.92. The lowest BCUT2D eigenvalue weighted by atomic mass is 9.96. The molecule has 1 aromatic carbocycles. The predicted molar refractivity (Wildman–Crippen MR) is 78.6 cm³/mol. The van der Waals surface area contributed by atoms with Gasteiger partial charge in [-0.2, -0.15) is 0 Å². The molecule has 3 nitrogen and oxygen atoms in total. The van der Waals surface area contributed by atoms with Crippen LogP contribution in [-0.4, -0.2) is 24.9 Å². The van der Waals surface area contributed by atoms with Gasteiger partial charge in [0.2, 0.25) is 5.91 Å². The monoisotopic (exact) mass is 348 g/mol. The van der Waals surface area contributed by atoms with Crippen molar-refractivity contribution in [1.82, 2.24) is 5.32 Å². The number of carbonyl (C=O) groups excluding carboxylic acids is 1. The van der Waals surface area contributed by atoms with Crippen molar-refractivity contribution >= 4 is 21.8 Å². The highest BCUT2D eigenvalue weighted by Crippen LogP contribution is 2.21. The fourth-order valence-electron chi connectivity index (χ4n) is 1.78. The highest BCUT2D eigenvalue weighted by atomic mass is 79.9. The number of hydrogen-bond acceptors (Lipinski definition) is 2. The first-order valence-corrected chi connectivity index (χ1v) is 7.28. The van der Waals surface area contributed by atoms with E-state index in [1.54, 1.807) is 0 Å². The maximum Gasteiger partial charge on any atom is 0.277 e. The van der Waals surface area contributed by atoms with Crippen LogP contribution < -0.4 is 11.1 Å². The molecule has 1 amide bonds. The lowest BCUT2D eigenvalue weighted by Crippen LogP contribution is -2.43. The summed E-state index contributed by atoms with van der Waals surface area (Å²) >= 11 is 3.42. The first-order valence-electron chi connectivity index (χ1n) is 6.48. The van der Waals surface area contributed by atoms with Crippen molar-refractivity contribution in [3.8, 4) is 0 Å². The van der Waals surface area contributed by atoms with Crippen LogP contribution in [0, 0.1) is 5.92 Å². The van der Waals surface area contributed by atoms with Crippen molar-refractivity contribution in [1.29, 1.82) is 0 Å². The van der Waals surface area contributed by atoms with Gasteiger partial charge in [-0.1, -0.05) is 41.1 Å². The molecule has 0 radical (unpaired) electrons. The van der Waals surface area contributed by atoms with Gasteiger partial charge in [0.1, 0.15) is 0 Å². The summed E-state index contributed by atoms with van der Waals surface area (Å²) in [5.74, 6) is -3.75. The molecule has 0 fully saturated rings. The van der Waals surface area contributed by atoms with Gasteiger partial charge in [-0.05, 0) is 24.5 Å². The molecule has 0 aromatic heterocycles. The second-order valence-electron chi connectivity index (χ2n) is 4.68. The molecule has 0 aliphatic heterocycles. The average molecular weight is 349 g/mol. The zero-order chi connectivity index (χ0) is 15.2. The first-order chi connectivity index (χ1) is 9.39. The van der Waals surface area contributed by atoms with Crippen LogP contribution >= 0.6 is 15.9 Å². The topological polar surface area (TPSA) is 55.1 Å². The van der Waals surface area contributed by atoms with E-state index < -0.39 is 19.0 Å². The van der Waals surface area contributed by atoms with E-state index in [0.29, 0.717) is 12.8 Å². The molecule has 0 aliphatic carbocycles. The Labute approximate surface area is 126 Å². The summed E-state index contributed by atoms with van der Waals surface area (Å²) < 4.78 is 27.0. The van der Waals surface area contributed by atoms with Gasteiger partial charge in [0.25, 0.3) is 5.92 Å². The number of carbonyl (C=O) groups is 1. The Morgan fingerprint density at radius 2 is 2.10 bits per heavy atom. The van der Waals surface area contributed by atoms with E-state index in [-0.39, 0.29) is 11.8 Å². The molecule has 1 unspecified atom stereocenters. The Kier molecular flexibility index (Phi) is 6.55. The molecule has 1 rings (SSSR count). The van der Waals surface area contributed by atoms with Crippen molar-refractivity contribution in [3.05, 3.63) is 34.3 Å². The van der Waals surface area contributed by atoms with Crippen LogP contribution in [-0.2, 0) is 11.2 Å². The number of halogens is 3. The molecule has 0 bridgehead atoms. The SMILES string of the molecule is CCC(Cc1ccccc1Br)C(=O)NCC(F)(F)CN. The van der Waals surface area contributed by atoms with Crippen LogP contribution in [0.3, 0.4) is 0 Å². The highest BCUT2D eigenvalue weighted by molar-refractivity contribution is 9.10. The van der Waals surface area contributed by atoms with Gasteiger partial charge in [0.05, 0.1) is 13.1 Å². The fourth-order valence-corrected chi connectivity index (χ4v) is 2.23. The van der Waals surface area contributed by atoms with Crippen molar-refractivity contribution < 1.29 is 13.6 Å². The Morgan fingerprint density at radius 1 is 1.45 bits per heavy atom. The highest BCUT2D eigenvalue weighted by Gasteiger charge is 2.28. The minimum Gasteiger partial charge on any atom is -0.350 e. The van der Waals surface area contributed by atoms with Gasteiger partial charge in [-0.25, -0.2) is 8.78 Å². The molecule has 0 spiro atoms. The Balaban J connectivity index is 2.62. The number of alkyl halides is 2. The molecular formula is C14H19BrF2N2O. The summed E-state index contributed by atoms with van der Waals surface area (Å²) in [5, 5.41) is 2.28. The number of nitrogens with one attached hydrogen (secondary N) is 1. The van der Waals surface area contributed by atoms with Crippen molar-refractivity contribution in [2.75, 3.05) is 13.1 Å². The van der Waals surface area contributed by atoms with Crippen molar-refractivity contribution in [3.63, 3.8) is 0 Å². The largest absolute Gasteiger partial charge is 0.350 e. The fraction of sp³-hybridized carbons (Fsp3) is 0.500. The van der Waals surface area contributed by atoms with Crippen LogP contribution in [0.1, 0.15) is 18.9 Å². The number of amides is 1. The van der Waals surface area contributed by atoms with Crippen LogP contribution in [0.25, 0.3) is 0 Å². The summed E-state index contributed by atoms with van der Waals surface area (Å²) in [6.07, 6.45) is 1.10. The molecule has 20 heavy (non-hydrogen) atoms. The number of hydrogen-bond donors (Lipinski definition) is 2. The van der Waals surface area contributed by atoms with Gasteiger partial charge >= 0.3 is 0 Å². The van der Waals surface area contributed by atoms with Crippen molar-refractivity contribution in [2.24, 2.45) is 11.7 Å². The second-order valence-corrected chi connectivity index (χ2v) is 5.53. The number of nitrogens with two attached hydrogens (primary N) is 1. The van der Waals surface area contributed by atoms with Crippen LogP contribution in [0.15, 0.2) is 28.7 Å². The molecule has 1 atom stereocenters. The normalized spacial score (nSPS) is 13.1. The number of benzene rings is 1. The zero-order valence-electron chi connectivity index (χ0n) is 11.3. The summed E-state index contributed by atoms with van der Waals surface area (Å²) in [6, 6.07) is 7.57. The molecule has 1 aromatic rings. The van der Waals surface area contributed by atoms with Gasteiger partial charge in [-0.15, -0.1) is 0 Å². The van der Waals surface area contributed by atoms with E-state index in [4.69, 9.17) is 5.73 Å². The molecule has 0 saturated carbocycles. The van der Waals surface area contributed by atoms with E-state index in [1.165, 1.54) is 0 Å². The Hall–Kier alpha value is -1.01. The minimum atomic E-state index is -3.05.